The molecule has 0 radical (unpaired) electrons. The molecule has 4 saturated heterocycles. The summed E-state index contributed by atoms with van der Waals surface area (Å²) in [6, 6.07) is 21.1. The molecular weight excluding hydrogens is 815 g/mol. The molecule has 61 heavy (non-hydrogen) atoms. The second kappa shape index (κ2) is 18.4. The van der Waals surface area contributed by atoms with Crippen molar-refractivity contribution in [2.75, 3.05) is 99.8 Å². The Morgan fingerprint density at radius 1 is 0.885 bits per heavy atom. The van der Waals surface area contributed by atoms with Gasteiger partial charge in [-0.1, -0.05) is 23.7 Å². The fourth-order valence-corrected chi connectivity index (χ4v) is 10.1. The number of nitrogens with zero attached hydrogens (tertiary/aromatic N) is 6. The Hall–Kier alpha value is -5.21. The highest BCUT2D eigenvalue weighted by atomic mass is 35.5. The Bertz CT molecular complexity index is 2290. The molecule has 15 nitrogen and oxygen atoms in total. The van der Waals surface area contributed by atoms with Gasteiger partial charge in [-0.15, -0.1) is 0 Å². The van der Waals surface area contributed by atoms with Crippen LogP contribution in [-0.2, 0) is 14.2 Å². The van der Waals surface area contributed by atoms with Gasteiger partial charge < -0.3 is 40.0 Å². The van der Waals surface area contributed by atoms with Gasteiger partial charge in [0, 0.05) is 92.5 Å². The maximum atomic E-state index is 12.9. The van der Waals surface area contributed by atoms with Gasteiger partial charge >= 0.3 is 0 Å². The number of rotatable bonds is 13. The lowest BCUT2D eigenvalue weighted by atomic mass is 9.95. The Balaban J connectivity index is 0.767. The Morgan fingerprint density at radius 2 is 1.61 bits per heavy atom. The van der Waals surface area contributed by atoms with Crippen molar-refractivity contribution in [1.82, 2.24) is 30.4 Å². The van der Waals surface area contributed by atoms with Crippen LogP contribution in [0, 0.1) is 5.92 Å². The van der Waals surface area contributed by atoms with Crippen LogP contribution in [0.4, 0.5) is 34.5 Å². The number of likely N-dealkylation sites (tertiary alicyclic amines) is 1. The fraction of sp³-hybridized carbons (Fsp3) is 0.432. The van der Waals surface area contributed by atoms with Gasteiger partial charge in [-0.05, 0) is 94.2 Å². The third kappa shape index (κ3) is 10.1. The van der Waals surface area contributed by atoms with Crippen LogP contribution in [-0.4, -0.2) is 129 Å². The summed E-state index contributed by atoms with van der Waals surface area (Å²) in [5, 5.41) is 12.6. The summed E-state index contributed by atoms with van der Waals surface area (Å²) in [5.74, 6) is 1.00. The number of hydrogen-bond acceptors (Lipinski definition) is 13. The van der Waals surface area contributed by atoms with Crippen molar-refractivity contribution in [3.8, 4) is 5.75 Å². The summed E-state index contributed by atoms with van der Waals surface area (Å²) in [5.41, 5.74) is 4.13. The number of ether oxygens (including phenoxy) is 1. The van der Waals surface area contributed by atoms with E-state index in [-0.39, 0.29) is 18.2 Å². The van der Waals surface area contributed by atoms with E-state index in [0.29, 0.717) is 52.2 Å². The molecule has 1 aromatic heterocycles. The van der Waals surface area contributed by atoms with Gasteiger partial charge in [0.05, 0.1) is 24.7 Å². The van der Waals surface area contributed by atoms with Gasteiger partial charge in [-0.2, -0.15) is 4.98 Å². The molecule has 3 aromatic carbocycles. The van der Waals surface area contributed by atoms with Crippen molar-refractivity contribution in [3.05, 3.63) is 83.5 Å². The number of benzene rings is 3. The Kier molecular flexibility index (Phi) is 12.8. The number of piperidine rings is 2. The SMILES string of the molecule is COc1cc(N2CCN(C3CCN(CC4CN(c5ccc(C(=O)NC6CCC(=O)NC6=O)cc5)C4)CC3)CC2)ccc1Nc1ncc(Cl)c(Nc2ccccc2P(C)(C)=O)n1. The lowest BCUT2D eigenvalue weighted by molar-refractivity contribution is -0.134. The van der Waals surface area contributed by atoms with Crippen LogP contribution in [0.3, 0.4) is 0 Å². The molecular formula is C44H54ClN10O5P. The average Bonchev–Trinajstić information content (AvgIpc) is 3.24. The number of imide groups is 1. The van der Waals surface area contributed by atoms with Crippen LogP contribution in [0.15, 0.2) is 72.9 Å². The highest BCUT2D eigenvalue weighted by molar-refractivity contribution is 7.70. The lowest BCUT2D eigenvalue weighted by Crippen LogP contribution is -2.55. The quantitative estimate of drug-likeness (QED) is 0.103. The number of hydrogen-bond donors (Lipinski definition) is 4. The van der Waals surface area contributed by atoms with E-state index in [0.717, 1.165) is 81.3 Å². The van der Waals surface area contributed by atoms with Crippen LogP contribution in [0.5, 0.6) is 5.75 Å². The van der Waals surface area contributed by atoms with Gasteiger partial charge in [0.2, 0.25) is 17.8 Å². The van der Waals surface area contributed by atoms with Crippen molar-refractivity contribution in [1.29, 1.82) is 0 Å². The summed E-state index contributed by atoms with van der Waals surface area (Å²) in [6.07, 6.45) is 4.45. The fourth-order valence-electron chi connectivity index (χ4n) is 8.76. The molecule has 0 bridgehead atoms. The highest BCUT2D eigenvalue weighted by Gasteiger charge is 2.33. The molecule has 1 unspecified atom stereocenters. The van der Waals surface area contributed by atoms with E-state index >= 15 is 0 Å². The molecule has 4 aliphatic rings. The molecule has 8 rings (SSSR count). The minimum Gasteiger partial charge on any atom is -0.494 e. The van der Waals surface area contributed by atoms with Gasteiger partial charge in [0.1, 0.15) is 24.0 Å². The summed E-state index contributed by atoms with van der Waals surface area (Å²) >= 11 is 6.49. The summed E-state index contributed by atoms with van der Waals surface area (Å²) < 4.78 is 18.7. The number of halogens is 1. The minimum absolute atomic E-state index is 0.226. The first-order valence-corrected chi connectivity index (χ1v) is 24.0. The highest BCUT2D eigenvalue weighted by Crippen LogP contribution is 2.39. The minimum atomic E-state index is -2.54. The normalized spacial score (nSPS) is 19.6. The predicted octanol–water partition coefficient (Wildman–Crippen LogP) is 5.13. The molecule has 0 saturated carbocycles. The first-order valence-electron chi connectivity index (χ1n) is 21.0. The monoisotopic (exact) mass is 868 g/mol. The molecule has 0 spiro atoms. The van der Waals surface area contributed by atoms with Crippen LogP contribution < -0.4 is 41.1 Å². The first-order chi connectivity index (χ1) is 29.4. The lowest BCUT2D eigenvalue weighted by Gasteiger charge is -2.46. The number of piperazine rings is 1. The van der Waals surface area contributed by atoms with E-state index in [1.165, 1.54) is 19.0 Å². The number of aromatic nitrogens is 2. The van der Waals surface area contributed by atoms with Gasteiger partial charge in [0.15, 0.2) is 5.82 Å². The zero-order chi connectivity index (χ0) is 42.7. The van der Waals surface area contributed by atoms with E-state index in [1.807, 2.05) is 42.5 Å². The standard InChI is InChI=1S/C44H54ClN10O5P/c1-60-38-24-33(12-13-35(38)49-44-46-25-34(45)41(51-44)47-36-6-4-5-7-39(36)61(2,3)59)54-22-20-53(21-23-54)32-16-18-52(19-17-32)26-29-27-55(28-29)31-10-8-30(9-11-31)42(57)48-37-14-15-40(56)50-43(37)58/h4-13,24-25,29,32,37H,14-23,26-28H2,1-3H3,(H,48,57)(H,50,56,58)(H2,46,47,49,51). The number of amides is 3. The zero-order valence-electron chi connectivity index (χ0n) is 34.9. The van der Waals surface area contributed by atoms with Crippen molar-refractivity contribution in [2.24, 2.45) is 5.92 Å². The van der Waals surface area contributed by atoms with Crippen LogP contribution in [0.2, 0.25) is 5.02 Å². The van der Waals surface area contributed by atoms with E-state index in [2.05, 4.69) is 63.0 Å². The van der Waals surface area contributed by atoms with Crippen molar-refractivity contribution in [3.63, 3.8) is 0 Å². The third-order valence-electron chi connectivity index (χ3n) is 12.2. The number of methoxy groups -OCH3 is 1. The molecule has 4 fully saturated rings. The van der Waals surface area contributed by atoms with Crippen molar-refractivity contribution >= 4 is 76.3 Å². The maximum Gasteiger partial charge on any atom is 0.251 e. The van der Waals surface area contributed by atoms with E-state index in [9.17, 15) is 18.9 Å². The molecule has 3 amide bonds. The van der Waals surface area contributed by atoms with E-state index < -0.39 is 19.1 Å². The van der Waals surface area contributed by atoms with Gasteiger partial charge in [-0.3, -0.25) is 24.6 Å². The van der Waals surface area contributed by atoms with Crippen molar-refractivity contribution in [2.45, 2.75) is 37.8 Å². The molecule has 5 heterocycles. The molecule has 17 heteroatoms. The number of anilines is 6. The predicted molar refractivity (Wildman–Crippen MR) is 241 cm³/mol. The first kappa shape index (κ1) is 42.5. The largest absolute Gasteiger partial charge is 0.494 e. The summed E-state index contributed by atoms with van der Waals surface area (Å²) in [7, 11) is -0.884. The van der Waals surface area contributed by atoms with Crippen LogP contribution in [0.25, 0.3) is 0 Å². The maximum absolute atomic E-state index is 12.9. The number of para-hydroxylation sites is 1. The molecule has 4 N–H and O–H groups in total. The molecule has 322 valence electrons. The second-order valence-electron chi connectivity index (χ2n) is 16.7. The zero-order valence-corrected chi connectivity index (χ0v) is 36.6. The second-order valence-corrected chi connectivity index (χ2v) is 20.3. The Labute approximate surface area is 361 Å². The van der Waals surface area contributed by atoms with Crippen LogP contribution in [0.1, 0.15) is 36.0 Å². The topological polar surface area (TPSA) is 164 Å². The molecule has 1 atom stereocenters. The third-order valence-corrected chi connectivity index (χ3v) is 14.0. The van der Waals surface area contributed by atoms with Crippen molar-refractivity contribution < 1.29 is 23.7 Å². The number of carbonyl (C=O) groups excluding carboxylic acids is 3. The summed E-state index contributed by atoms with van der Waals surface area (Å²) in [6.45, 7) is 12.7. The van der Waals surface area contributed by atoms with Gasteiger partial charge in [-0.25, -0.2) is 4.98 Å². The Morgan fingerprint density at radius 3 is 2.31 bits per heavy atom. The smallest absolute Gasteiger partial charge is 0.251 e. The van der Waals surface area contributed by atoms with Crippen LogP contribution >= 0.6 is 18.7 Å². The molecule has 4 aliphatic heterocycles. The number of nitrogens with one attached hydrogen (secondary N) is 4. The number of carbonyl (C=O) groups is 3. The molecule has 4 aromatic rings. The summed E-state index contributed by atoms with van der Waals surface area (Å²) in [4.78, 5) is 55.2. The van der Waals surface area contributed by atoms with Gasteiger partial charge in [0.25, 0.3) is 5.91 Å². The molecule has 0 aliphatic carbocycles. The van der Waals surface area contributed by atoms with E-state index in [4.69, 9.17) is 16.3 Å². The van der Waals surface area contributed by atoms with E-state index in [1.54, 1.807) is 32.6 Å². The average molecular weight is 869 g/mol.